The van der Waals surface area contributed by atoms with E-state index in [1.807, 2.05) is 6.26 Å². The van der Waals surface area contributed by atoms with Gasteiger partial charge >= 0.3 is 0 Å². The number of nitrogens with two attached hydrogens (primary N) is 1. The molecule has 0 spiro atoms. The van der Waals surface area contributed by atoms with Gasteiger partial charge in [-0.05, 0) is 48.3 Å². The maximum absolute atomic E-state index is 13.1. The minimum atomic E-state index is -0.533. The number of rotatable bonds is 8. The summed E-state index contributed by atoms with van der Waals surface area (Å²) in [6.45, 7) is 0.252. The molecule has 0 radical (unpaired) electrons. The van der Waals surface area contributed by atoms with Crippen LogP contribution < -0.4 is 15.8 Å². The van der Waals surface area contributed by atoms with Crippen molar-refractivity contribution in [1.82, 2.24) is 0 Å². The topological polar surface area (TPSA) is 64.4 Å². The van der Waals surface area contributed by atoms with E-state index < -0.39 is 6.04 Å². The zero-order valence-corrected chi connectivity index (χ0v) is 15.5. The number of benzene rings is 2. The van der Waals surface area contributed by atoms with E-state index in [-0.39, 0.29) is 30.7 Å². The van der Waals surface area contributed by atoms with Gasteiger partial charge in [0, 0.05) is 11.8 Å². The minimum absolute atomic E-state index is 0. The standard InChI is InChI=1S/C18H21FN2O2S.ClH/c1-24-9-8-17(20)18(22)21-15-6-3-7-16(11-15)23-12-13-4-2-5-14(19)10-13;/h2-7,10-11,17H,8-9,12,20H2,1H3,(H,21,22);1H/t17-;/m0./s1. The van der Waals surface area contributed by atoms with Gasteiger partial charge in [0.1, 0.15) is 18.2 Å². The number of amides is 1. The Hall–Kier alpha value is -1.76. The van der Waals surface area contributed by atoms with E-state index >= 15 is 0 Å². The molecular weight excluding hydrogens is 363 g/mol. The molecule has 0 heterocycles. The highest BCUT2D eigenvalue weighted by molar-refractivity contribution is 7.98. The molecule has 2 aromatic rings. The molecule has 136 valence electrons. The lowest BCUT2D eigenvalue weighted by atomic mass is 10.2. The molecule has 1 atom stereocenters. The van der Waals surface area contributed by atoms with Gasteiger partial charge in [-0.2, -0.15) is 11.8 Å². The first-order chi connectivity index (χ1) is 11.6. The van der Waals surface area contributed by atoms with Gasteiger partial charge in [-0.3, -0.25) is 4.79 Å². The molecule has 0 bridgehead atoms. The molecule has 0 aliphatic carbocycles. The van der Waals surface area contributed by atoms with Crippen molar-refractivity contribution in [2.24, 2.45) is 5.73 Å². The number of ether oxygens (including phenoxy) is 1. The van der Waals surface area contributed by atoms with Crippen LogP contribution in [0.15, 0.2) is 48.5 Å². The molecule has 0 aliphatic rings. The van der Waals surface area contributed by atoms with Crippen molar-refractivity contribution in [3.05, 3.63) is 59.9 Å². The third-order valence-electron chi connectivity index (χ3n) is 3.37. The Balaban J connectivity index is 0.00000312. The second kappa shape index (κ2) is 11.0. The lowest BCUT2D eigenvalue weighted by Crippen LogP contribution is -2.36. The van der Waals surface area contributed by atoms with Crippen LogP contribution >= 0.6 is 24.2 Å². The van der Waals surface area contributed by atoms with Gasteiger partial charge < -0.3 is 15.8 Å². The highest BCUT2D eigenvalue weighted by atomic mass is 35.5. The average molecular weight is 385 g/mol. The minimum Gasteiger partial charge on any atom is -0.489 e. The molecule has 3 N–H and O–H groups in total. The summed E-state index contributed by atoms with van der Waals surface area (Å²) in [7, 11) is 0. The maximum Gasteiger partial charge on any atom is 0.241 e. The molecule has 2 aromatic carbocycles. The monoisotopic (exact) mass is 384 g/mol. The van der Waals surface area contributed by atoms with Crippen LogP contribution in [-0.4, -0.2) is 24.0 Å². The third kappa shape index (κ3) is 7.34. The quantitative estimate of drug-likeness (QED) is 0.725. The first kappa shape index (κ1) is 21.3. The molecule has 25 heavy (non-hydrogen) atoms. The Kier molecular flexibility index (Phi) is 9.34. The summed E-state index contributed by atoms with van der Waals surface area (Å²) >= 11 is 1.65. The predicted molar refractivity (Wildman–Crippen MR) is 104 cm³/mol. The SMILES string of the molecule is CSCC[C@H](N)C(=O)Nc1cccc(OCc2cccc(F)c2)c1.Cl. The Morgan fingerprint density at radius 3 is 2.76 bits per heavy atom. The number of hydrogen-bond donors (Lipinski definition) is 2. The van der Waals surface area contributed by atoms with Crippen molar-refractivity contribution >= 4 is 35.8 Å². The summed E-state index contributed by atoms with van der Waals surface area (Å²) < 4.78 is 18.8. The second-order valence-corrected chi connectivity index (χ2v) is 6.31. The normalized spacial score (nSPS) is 11.3. The van der Waals surface area contributed by atoms with Gasteiger partial charge in [0.25, 0.3) is 0 Å². The highest BCUT2D eigenvalue weighted by Crippen LogP contribution is 2.19. The van der Waals surface area contributed by atoms with Gasteiger partial charge in [0.2, 0.25) is 5.91 Å². The van der Waals surface area contributed by atoms with E-state index in [0.29, 0.717) is 17.9 Å². The summed E-state index contributed by atoms with van der Waals surface area (Å²) in [5.74, 6) is 0.920. The number of carbonyl (C=O) groups excluding carboxylic acids is 1. The average Bonchev–Trinajstić information content (AvgIpc) is 2.58. The van der Waals surface area contributed by atoms with Crippen LogP contribution in [0.2, 0.25) is 0 Å². The summed E-state index contributed by atoms with van der Waals surface area (Å²) in [6.07, 6.45) is 2.60. The molecular formula is C18H22ClFN2O2S. The number of hydrogen-bond acceptors (Lipinski definition) is 4. The van der Waals surface area contributed by atoms with Crippen LogP contribution in [-0.2, 0) is 11.4 Å². The van der Waals surface area contributed by atoms with Crippen molar-refractivity contribution in [2.75, 3.05) is 17.3 Å². The fraction of sp³-hybridized carbons (Fsp3) is 0.278. The van der Waals surface area contributed by atoms with Crippen LogP contribution in [0, 0.1) is 5.82 Å². The Morgan fingerprint density at radius 2 is 2.04 bits per heavy atom. The van der Waals surface area contributed by atoms with Crippen LogP contribution in [0.1, 0.15) is 12.0 Å². The van der Waals surface area contributed by atoms with E-state index in [1.54, 1.807) is 48.2 Å². The van der Waals surface area contributed by atoms with Crippen molar-refractivity contribution in [3.63, 3.8) is 0 Å². The molecule has 4 nitrogen and oxygen atoms in total. The molecule has 0 saturated carbocycles. The predicted octanol–water partition coefficient (Wildman–Crippen LogP) is 3.85. The fourth-order valence-electron chi connectivity index (χ4n) is 2.07. The van der Waals surface area contributed by atoms with Gasteiger partial charge in [-0.15, -0.1) is 12.4 Å². The van der Waals surface area contributed by atoms with Gasteiger partial charge in [0.05, 0.1) is 6.04 Å². The van der Waals surface area contributed by atoms with Crippen LogP contribution in [0.3, 0.4) is 0 Å². The number of anilines is 1. The summed E-state index contributed by atoms with van der Waals surface area (Å²) in [4.78, 5) is 12.0. The van der Waals surface area contributed by atoms with E-state index in [2.05, 4.69) is 5.32 Å². The zero-order valence-electron chi connectivity index (χ0n) is 13.9. The number of carbonyl (C=O) groups is 1. The number of halogens is 2. The van der Waals surface area contributed by atoms with Crippen LogP contribution in [0.25, 0.3) is 0 Å². The van der Waals surface area contributed by atoms with Crippen molar-refractivity contribution in [3.8, 4) is 5.75 Å². The smallest absolute Gasteiger partial charge is 0.241 e. The molecule has 7 heteroatoms. The molecule has 2 rings (SSSR count). The molecule has 0 unspecified atom stereocenters. The van der Waals surface area contributed by atoms with Gasteiger partial charge in [-0.25, -0.2) is 4.39 Å². The van der Waals surface area contributed by atoms with Crippen molar-refractivity contribution in [2.45, 2.75) is 19.1 Å². The molecule has 0 aromatic heterocycles. The summed E-state index contributed by atoms with van der Waals surface area (Å²) in [5, 5.41) is 2.79. The highest BCUT2D eigenvalue weighted by Gasteiger charge is 2.13. The van der Waals surface area contributed by atoms with Crippen molar-refractivity contribution < 1.29 is 13.9 Å². The first-order valence-corrected chi connectivity index (χ1v) is 9.00. The number of thioether (sulfide) groups is 1. The summed E-state index contributed by atoms with van der Waals surface area (Å²) in [5.41, 5.74) is 7.21. The Morgan fingerprint density at radius 1 is 1.28 bits per heavy atom. The van der Waals surface area contributed by atoms with Crippen LogP contribution in [0.5, 0.6) is 5.75 Å². The fourth-order valence-corrected chi connectivity index (χ4v) is 2.56. The van der Waals surface area contributed by atoms with Crippen LogP contribution in [0.4, 0.5) is 10.1 Å². The third-order valence-corrected chi connectivity index (χ3v) is 4.01. The lowest BCUT2D eigenvalue weighted by molar-refractivity contribution is -0.117. The Labute approximate surface area is 157 Å². The van der Waals surface area contributed by atoms with E-state index in [9.17, 15) is 9.18 Å². The van der Waals surface area contributed by atoms with Gasteiger partial charge in [0.15, 0.2) is 0 Å². The lowest BCUT2D eigenvalue weighted by Gasteiger charge is -2.13. The van der Waals surface area contributed by atoms with E-state index in [4.69, 9.17) is 10.5 Å². The van der Waals surface area contributed by atoms with Gasteiger partial charge in [-0.1, -0.05) is 18.2 Å². The maximum atomic E-state index is 13.1. The van der Waals surface area contributed by atoms with Crippen molar-refractivity contribution in [1.29, 1.82) is 0 Å². The second-order valence-electron chi connectivity index (χ2n) is 5.32. The Bertz CT molecular complexity index is 688. The van der Waals surface area contributed by atoms with E-state index in [1.165, 1.54) is 12.1 Å². The molecule has 0 fully saturated rings. The zero-order chi connectivity index (χ0) is 17.4. The molecule has 0 aliphatic heterocycles. The molecule has 1 amide bonds. The molecule has 0 saturated heterocycles. The van der Waals surface area contributed by atoms with E-state index in [0.717, 1.165) is 11.3 Å². The first-order valence-electron chi connectivity index (χ1n) is 7.61. The largest absolute Gasteiger partial charge is 0.489 e. The summed E-state index contributed by atoms with van der Waals surface area (Å²) in [6, 6.07) is 12.8. The number of nitrogens with one attached hydrogen (secondary N) is 1.